The van der Waals surface area contributed by atoms with Crippen LogP contribution in [0.1, 0.15) is 32.6 Å². The highest BCUT2D eigenvalue weighted by molar-refractivity contribution is 5.72. The number of aldehydes is 1. The van der Waals surface area contributed by atoms with E-state index in [0.29, 0.717) is 0 Å². The average Bonchev–Trinajstić information content (AvgIpc) is 1.87. The lowest BCUT2D eigenvalue weighted by Gasteiger charge is -2.21. The van der Waals surface area contributed by atoms with Crippen LogP contribution >= 0.6 is 0 Å². The Morgan fingerprint density at radius 3 is 2.60 bits per heavy atom. The molecule has 1 heteroatoms. The highest BCUT2D eigenvalue weighted by atomic mass is 16.1. The normalized spacial score (nSPS) is 20.3. The summed E-state index contributed by atoms with van der Waals surface area (Å²) >= 11 is 0. The summed E-state index contributed by atoms with van der Waals surface area (Å²) in [5, 5.41) is 0. The molecule has 0 radical (unpaired) electrons. The van der Waals surface area contributed by atoms with E-state index in [-0.39, 0.29) is 0 Å². The van der Waals surface area contributed by atoms with E-state index in [1.165, 1.54) is 19.3 Å². The molecule has 0 spiro atoms. The van der Waals surface area contributed by atoms with Gasteiger partial charge in [-0.3, -0.25) is 4.79 Å². The molecule has 1 fully saturated rings. The fourth-order valence-corrected chi connectivity index (χ4v) is 1.15. The molecule has 0 aromatic carbocycles. The summed E-state index contributed by atoms with van der Waals surface area (Å²) in [4.78, 5) is 10.3. The first-order valence-electron chi connectivity index (χ1n) is 4.02. The van der Waals surface area contributed by atoms with Crippen LogP contribution in [-0.2, 0) is 4.79 Å². The maximum atomic E-state index is 10.3. The second-order valence-electron chi connectivity index (χ2n) is 2.90. The van der Waals surface area contributed by atoms with Crippen molar-refractivity contribution in [1.29, 1.82) is 0 Å². The van der Waals surface area contributed by atoms with Gasteiger partial charge in [0.05, 0.1) is 0 Å². The third-order valence-electron chi connectivity index (χ3n) is 2.16. The number of rotatable bonds is 3. The summed E-state index contributed by atoms with van der Waals surface area (Å²) in [6.07, 6.45) is 7.93. The quantitative estimate of drug-likeness (QED) is 0.432. The highest BCUT2D eigenvalue weighted by Crippen LogP contribution is 2.28. The monoisotopic (exact) mass is 138 g/mol. The maximum Gasteiger partial charge on any atom is 0.145 e. The van der Waals surface area contributed by atoms with Gasteiger partial charge in [0.25, 0.3) is 0 Å². The summed E-state index contributed by atoms with van der Waals surface area (Å²) in [6.45, 7) is 2.03. The molecule has 0 unspecified atom stereocenters. The standard InChI is InChI=1S/C9H14O/c1-2-8(7-10)6-9-4-3-5-9/h6-7,9H,2-5H2,1H3. The molecule has 0 bridgehead atoms. The molecule has 1 aliphatic rings. The molecule has 1 saturated carbocycles. The maximum absolute atomic E-state index is 10.3. The van der Waals surface area contributed by atoms with E-state index >= 15 is 0 Å². The number of hydrogen-bond donors (Lipinski definition) is 0. The second-order valence-corrected chi connectivity index (χ2v) is 2.90. The van der Waals surface area contributed by atoms with Gasteiger partial charge >= 0.3 is 0 Å². The van der Waals surface area contributed by atoms with Crippen LogP contribution in [0.15, 0.2) is 11.6 Å². The van der Waals surface area contributed by atoms with Crippen LogP contribution in [-0.4, -0.2) is 6.29 Å². The number of carbonyl (C=O) groups excluding carboxylic acids is 1. The number of allylic oxidation sites excluding steroid dienone is 2. The Labute approximate surface area is 62.1 Å². The Hall–Kier alpha value is -0.590. The zero-order chi connectivity index (χ0) is 7.40. The van der Waals surface area contributed by atoms with Crippen molar-refractivity contribution in [2.45, 2.75) is 32.6 Å². The molecule has 0 aromatic heterocycles. The van der Waals surface area contributed by atoms with Gasteiger partial charge in [-0.2, -0.15) is 0 Å². The molecule has 0 aromatic rings. The lowest BCUT2D eigenvalue weighted by Crippen LogP contribution is -2.08. The van der Waals surface area contributed by atoms with Crippen LogP contribution in [0.5, 0.6) is 0 Å². The second kappa shape index (κ2) is 3.55. The van der Waals surface area contributed by atoms with E-state index in [2.05, 4.69) is 6.08 Å². The van der Waals surface area contributed by atoms with Crippen LogP contribution in [0.4, 0.5) is 0 Å². The first-order chi connectivity index (χ1) is 4.86. The summed E-state index contributed by atoms with van der Waals surface area (Å²) in [5.74, 6) is 0.722. The van der Waals surface area contributed by atoms with Crippen LogP contribution in [0.25, 0.3) is 0 Å². The van der Waals surface area contributed by atoms with Gasteiger partial charge in [-0.25, -0.2) is 0 Å². The van der Waals surface area contributed by atoms with Crippen molar-refractivity contribution in [2.24, 2.45) is 5.92 Å². The topological polar surface area (TPSA) is 17.1 Å². The Morgan fingerprint density at radius 1 is 1.60 bits per heavy atom. The van der Waals surface area contributed by atoms with Gasteiger partial charge in [-0.1, -0.05) is 19.4 Å². The van der Waals surface area contributed by atoms with Crippen molar-refractivity contribution < 1.29 is 4.79 Å². The molecule has 1 nitrogen and oxygen atoms in total. The Morgan fingerprint density at radius 2 is 2.30 bits per heavy atom. The molecule has 1 rings (SSSR count). The van der Waals surface area contributed by atoms with Crippen LogP contribution in [0, 0.1) is 5.92 Å². The minimum Gasteiger partial charge on any atom is -0.298 e. The highest BCUT2D eigenvalue weighted by Gasteiger charge is 2.14. The predicted molar refractivity (Wildman–Crippen MR) is 41.8 cm³/mol. The van der Waals surface area contributed by atoms with Crippen molar-refractivity contribution in [1.82, 2.24) is 0 Å². The van der Waals surface area contributed by atoms with E-state index in [1.54, 1.807) is 0 Å². The van der Waals surface area contributed by atoms with Gasteiger partial charge in [0, 0.05) is 0 Å². The molecule has 0 heterocycles. The minimum absolute atomic E-state index is 0.722. The van der Waals surface area contributed by atoms with Crippen molar-refractivity contribution in [3.05, 3.63) is 11.6 Å². The Bertz CT molecular complexity index is 143. The molecule has 10 heavy (non-hydrogen) atoms. The first-order valence-corrected chi connectivity index (χ1v) is 4.02. The molecule has 0 saturated heterocycles. The summed E-state index contributed by atoms with van der Waals surface area (Å²) in [7, 11) is 0. The van der Waals surface area contributed by atoms with Crippen LogP contribution in [0.2, 0.25) is 0 Å². The first kappa shape index (κ1) is 7.52. The van der Waals surface area contributed by atoms with E-state index < -0.39 is 0 Å². The average molecular weight is 138 g/mol. The van der Waals surface area contributed by atoms with Gasteiger partial charge in [0.1, 0.15) is 6.29 Å². The fourth-order valence-electron chi connectivity index (χ4n) is 1.15. The van der Waals surface area contributed by atoms with Crippen LogP contribution < -0.4 is 0 Å². The van der Waals surface area contributed by atoms with E-state index in [1.807, 2.05) is 6.92 Å². The van der Waals surface area contributed by atoms with Gasteiger partial charge < -0.3 is 0 Å². The molecular weight excluding hydrogens is 124 g/mol. The van der Waals surface area contributed by atoms with Gasteiger partial charge in [-0.05, 0) is 30.8 Å². The summed E-state index contributed by atoms with van der Waals surface area (Å²) in [6, 6.07) is 0. The SMILES string of the molecule is CCC(C=O)=CC1CCC1. The minimum atomic E-state index is 0.722. The van der Waals surface area contributed by atoms with Crippen LogP contribution in [0.3, 0.4) is 0 Å². The number of hydrogen-bond acceptors (Lipinski definition) is 1. The molecule has 0 atom stereocenters. The van der Waals surface area contributed by atoms with Gasteiger partial charge in [0.15, 0.2) is 0 Å². The summed E-state index contributed by atoms with van der Waals surface area (Å²) in [5.41, 5.74) is 0.977. The lowest BCUT2D eigenvalue weighted by molar-refractivity contribution is -0.105. The summed E-state index contributed by atoms with van der Waals surface area (Å²) < 4.78 is 0. The Balaban J connectivity index is 2.40. The third kappa shape index (κ3) is 1.69. The van der Waals surface area contributed by atoms with E-state index in [9.17, 15) is 4.79 Å². The predicted octanol–water partition coefficient (Wildman–Crippen LogP) is 2.32. The molecule has 0 N–H and O–H groups in total. The van der Waals surface area contributed by atoms with Gasteiger partial charge in [0.2, 0.25) is 0 Å². The smallest absolute Gasteiger partial charge is 0.145 e. The van der Waals surface area contributed by atoms with Crippen molar-refractivity contribution in [3.8, 4) is 0 Å². The molecule has 0 aliphatic heterocycles. The lowest BCUT2D eigenvalue weighted by atomic mass is 9.84. The fraction of sp³-hybridized carbons (Fsp3) is 0.667. The van der Waals surface area contributed by atoms with Crippen molar-refractivity contribution in [3.63, 3.8) is 0 Å². The molecular formula is C9H14O. The van der Waals surface area contributed by atoms with Crippen molar-refractivity contribution in [2.75, 3.05) is 0 Å². The third-order valence-corrected chi connectivity index (χ3v) is 2.16. The Kier molecular flexibility index (Phi) is 2.67. The van der Waals surface area contributed by atoms with Crippen molar-refractivity contribution >= 4 is 6.29 Å². The zero-order valence-corrected chi connectivity index (χ0v) is 6.47. The zero-order valence-electron chi connectivity index (χ0n) is 6.47. The van der Waals surface area contributed by atoms with E-state index in [0.717, 1.165) is 24.2 Å². The molecule has 1 aliphatic carbocycles. The van der Waals surface area contributed by atoms with E-state index in [4.69, 9.17) is 0 Å². The van der Waals surface area contributed by atoms with Gasteiger partial charge in [-0.15, -0.1) is 0 Å². The largest absolute Gasteiger partial charge is 0.298 e. The number of carbonyl (C=O) groups is 1. The molecule has 0 amide bonds. The molecule has 56 valence electrons.